The first kappa shape index (κ1) is 15.9. The molecule has 8 nitrogen and oxygen atoms in total. The number of aliphatic imine (C=N–C) groups is 1. The number of guanidine groups is 1. The summed E-state index contributed by atoms with van der Waals surface area (Å²) in [6.45, 7) is 3.51. The van der Waals surface area contributed by atoms with Gasteiger partial charge in [0.25, 0.3) is 0 Å². The van der Waals surface area contributed by atoms with E-state index in [9.17, 15) is 0 Å². The molecule has 2 aromatic heterocycles. The van der Waals surface area contributed by atoms with Gasteiger partial charge in [-0.15, -0.1) is 0 Å². The molecule has 1 aromatic carbocycles. The maximum atomic E-state index is 6.18. The Morgan fingerprint density at radius 3 is 2.68 bits per heavy atom. The van der Waals surface area contributed by atoms with Crippen LogP contribution in [-0.4, -0.2) is 28.7 Å². The summed E-state index contributed by atoms with van der Waals surface area (Å²) in [4.78, 5) is 9.30. The van der Waals surface area contributed by atoms with Crippen LogP contribution in [-0.2, 0) is 0 Å². The molecule has 0 bridgehead atoms. The number of aromatic nitrogens is 2. The highest BCUT2D eigenvalue weighted by Crippen LogP contribution is 2.48. The maximum Gasteiger partial charge on any atom is 0.212 e. The van der Waals surface area contributed by atoms with Crippen LogP contribution in [0.3, 0.4) is 0 Å². The molecule has 3 unspecified atom stereocenters. The Morgan fingerprint density at radius 1 is 1.14 bits per heavy atom. The quantitative estimate of drug-likeness (QED) is 0.709. The van der Waals surface area contributed by atoms with Crippen LogP contribution in [0.1, 0.15) is 43.4 Å². The number of fused-ring (bicyclic) bond motifs is 4. The number of nitrogens with two attached hydrogens (primary N) is 1. The van der Waals surface area contributed by atoms with E-state index in [1.165, 1.54) is 6.42 Å². The number of hydrogen-bond donors (Lipinski definition) is 2. The van der Waals surface area contributed by atoms with E-state index >= 15 is 0 Å². The fourth-order valence-corrected chi connectivity index (χ4v) is 4.04. The minimum absolute atomic E-state index is 0.319. The summed E-state index contributed by atoms with van der Waals surface area (Å²) in [5.41, 5.74) is 7.73. The molecule has 8 heteroatoms. The van der Waals surface area contributed by atoms with Crippen LogP contribution in [0.4, 0.5) is 5.95 Å². The Balaban J connectivity index is 1.48. The first-order chi connectivity index (χ1) is 13.7. The molecular formula is C20H21N5O3. The predicted molar refractivity (Wildman–Crippen MR) is 104 cm³/mol. The summed E-state index contributed by atoms with van der Waals surface area (Å²) in [5.74, 6) is 5.35. The second-order valence-electron chi connectivity index (χ2n) is 7.72. The first-order valence-corrected chi connectivity index (χ1v) is 9.69. The van der Waals surface area contributed by atoms with Crippen LogP contribution in [0, 0.1) is 5.92 Å². The van der Waals surface area contributed by atoms with Crippen LogP contribution in [0.5, 0.6) is 11.5 Å². The van der Waals surface area contributed by atoms with Crippen molar-refractivity contribution in [2.45, 2.75) is 31.8 Å². The lowest BCUT2D eigenvalue weighted by atomic mass is 10.2. The van der Waals surface area contributed by atoms with Gasteiger partial charge < -0.3 is 19.6 Å². The number of benzene rings is 1. The molecule has 0 radical (unpaired) electrons. The Morgan fingerprint density at radius 2 is 1.89 bits per heavy atom. The normalized spacial score (nSPS) is 25.6. The lowest BCUT2D eigenvalue weighted by Crippen LogP contribution is -2.31. The number of ether oxygens (including phenoxy) is 2. The van der Waals surface area contributed by atoms with E-state index in [0.717, 1.165) is 34.7 Å². The van der Waals surface area contributed by atoms with Gasteiger partial charge in [-0.05, 0) is 24.5 Å². The number of nitrogens with zero attached hydrogens (tertiary/aromatic N) is 3. The van der Waals surface area contributed by atoms with Crippen molar-refractivity contribution < 1.29 is 13.9 Å². The summed E-state index contributed by atoms with van der Waals surface area (Å²) in [7, 11) is 0. The average molecular weight is 379 g/mol. The molecule has 3 atom stereocenters. The molecule has 144 valence electrons. The molecular weight excluding hydrogens is 358 g/mol. The maximum absolute atomic E-state index is 6.18. The highest BCUT2D eigenvalue weighted by Gasteiger charge is 2.37. The fourth-order valence-electron chi connectivity index (χ4n) is 4.04. The number of furan rings is 1. The lowest BCUT2D eigenvalue weighted by molar-refractivity contribution is 0.297. The van der Waals surface area contributed by atoms with Crippen LogP contribution < -0.4 is 20.5 Å². The lowest BCUT2D eigenvalue weighted by Gasteiger charge is -2.22. The molecule has 0 spiro atoms. The molecule has 3 aromatic rings. The molecule has 0 saturated heterocycles. The number of hydrogen-bond acceptors (Lipinski definition) is 7. The third-order valence-electron chi connectivity index (χ3n) is 5.68. The van der Waals surface area contributed by atoms with E-state index in [2.05, 4.69) is 23.3 Å². The van der Waals surface area contributed by atoms with Gasteiger partial charge in [0.05, 0.1) is 24.2 Å². The third kappa shape index (κ3) is 2.37. The van der Waals surface area contributed by atoms with Gasteiger partial charge in [0.15, 0.2) is 23.6 Å². The number of imidazole rings is 1. The smallest absolute Gasteiger partial charge is 0.212 e. The van der Waals surface area contributed by atoms with Crippen molar-refractivity contribution in [3.63, 3.8) is 0 Å². The van der Waals surface area contributed by atoms with E-state index in [1.807, 2.05) is 22.8 Å². The van der Waals surface area contributed by atoms with Gasteiger partial charge in [0.1, 0.15) is 11.5 Å². The molecule has 4 heterocycles. The zero-order chi connectivity index (χ0) is 18.8. The topological polar surface area (TPSA) is 99.8 Å². The van der Waals surface area contributed by atoms with Crippen LogP contribution in [0.25, 0.3) is 11.0 Å². The van der Waals surface area contributed by atoms with Crippen molar-refractivity contribution in [2.24, 2.45) is 16.6 Å². The molecule has 0 amide bonds. The zero-order valence-corrected chi connectivity index (χ0v) is 15.5. The van der Waals surface area contributed by atoms with Gasteiger partial charge in [-0.2, -0.15) is 0 Å². The van der Waals surface area contributed by atoms with Gasteiger partial charge in [-0.25, -0.2) is 9.98 Å². The molecule has 1 saturated carbocycles. The standard InChI is InChI=1S/C20H21N5O3/c1-10-7-11(10)14-3-4-15(28-14)18-23-19(21)24-20-22-12-8-16-17(9-13(12)25(18)20)27-6-2-5-26-16/h3-4,8-11,18H,2,5-7H2,1H3,(H3,21,22,23,24). The minimum atomic E-state index is -0.409. The van der Waals surface area contributed by atoms with Crippen molar-refractivity contribution in [1.29, 1.82) is 0 Å². The van der Waals surface area contributed by atoms with Crippen LogP contribution in [0.2, 0.25) is 0 Å². The third-order valence-corrected chi connectivity index (χ3v) is 5.68. The monoisotopic (exact) mass is 379 g/mol. The summed E-state index contributed by atoms with van der Waals surface area (Å²) in [6, 6.07) is 7.92. The van der Waals surface area contributed by atoms with Crippen molar-refractivity contribution in [3.8, 4) is 11.5 Å². The average Bonchev–Trinajstić information content (AvgIpc) is 3.13. The molecule has 2 aliphatic heterocycles. The fraction of sp³-hybridized carbons (Fsp3) is 0.400. The van der Waals surface area contributed by atoms with Crippen LogP contribution in [0.15, 0.2) is 33.7 Å². The van der Waals surface area contributed by atoms with E-state index in [0.29, 0.717) is 42.7 Å². The zero-order valence-electron chi connectivity index (χ0n) is 15.5. The first-order valence-electron chi connectivity index (χ1n) is 9.69. The summed E-state index contributed by atoms with van der Waals surface area (Å²) >= 11 is 0. The van der Waals surface area contributed by atoms with Gasteiger partial charge >= 0.3 is 0 Å². The Bertz CT molecular complexity index is 1110. The van der Waals surface area contributed by atoms with E-state index in [1.54, 1.807) is 0 Å². The minimum Gasteiger partial charge on any atom is -0.489 e. The second-order valence-corrected chi connectivity index (χ2v) is 7.72. The Hall–Kier alpha value is -3.16. The van der Waals surface area contributed by atoms with Crippen molar-refractivity contribution in [2.75, 3.05) is 18.5 Å². The van der Waals surface area contributed by atoms with Crippen molar-refractivity contribution in [1.82, 2.24) is 9.55 Å². The van der Waals surface area contributed by atoms with Gasteiger partial charge in [-0.1, -0.05) is 6.92 Å². The van der Waals surface area contributed by atoms with Crippen LogP contribution >= 0.6 is 0 Å². The molecule has 28 heavy (non-hydrogen) atoms. The van der Waals surface area contributed by atoms with Gasteiger partial charge in [0, 0.05) is 24.5 Å². The second kappa shape index (κ2) is 5.67. The Kier molecular flexibility index (Phi) is 3.21. The van der Waals surface area contributed by atoms with Crippen molar-refractivity contribution >= 4 is 22.9 Å². The molecule has 1 aliphatic carbocycles. The van der Waals surface area contributed by atoms with Gasteiger partial charge in [0.2, 0.25) is 5.95 Å². The summed E-state index contributed by atoms with van der Waals surface area (Å²) < 4.78 is 19.8. The van der Waals surface area contributed by atoms with Gasteiger partial charge in [-0.3, -0.25) is 9.88 Å². The van der Waals surface area contributed by atoms with E-state index < -0.39 is 6.17 Å². The molecule has 3 N–H and O–H groups in total. The summed E-state index contributed by atoms with van der Waals surface area (Å²) in [6.07, 6.45) is 1.62. The molecule has 3 aliphatic rings. The summed E-state index contributed by atoms with van der Waals surface area (Å²) in [5, 5.41) is 3.06. The largest absolute Gasteiger partial charge is 0.489 e. The van der Waals surface area contributed by atoms with E-state index in [4.69, 9.17) is 24.6 Å². The highest BCUT2D eigenvalue weighted by molar-refractivity contribution is 5.95. The predicted octanol–water partition coefficient (Wildman–Crippen LogP) is 3.20. The SMILES string of the molecule is CC1CC1c1ccc(C2N=C(N)Nc3nc4cc5c(cc4n32)OCCCO5)o1. The van der Waals surface area contributed by atoms with E-state index in [-0.39, 0.29) is 0 Å². The highest BCUT2D eigenvalue weighted by atomic mass is 16.5. The molecule has 6 rings (SSSR count). The number of rotatable bonds is 2. The van der Waals surface area contributed by atoms with Crippen molar-refractivity contribution in [3.05, 3.63) is 35.8 Å². The number of nitrogens with one attached hydrogen (secondary N) is 1. The Labute approximate surface area is 161 Å². The number of anilines is 1. The molecule has 1 fully saturated rings.